The lowest BCUT2D eigenvalue weighted by molar-refractivity contribution is -0.207. The van der Waals surface area contributed by atoms with Crippen LogP contribution in [0.15, 0.2) is 6.33 Å². The van der Waals surface area contributed by atoms with Gasteiger partial charge in [0.1, 0.15) is 5.15 Å². The molecule has 80 valence electrons. The molecule has 0 aliphatic carbocycles. The van der Waals surface area contributed by atoms with E-state index in [1.165, 1.54) is 0 Å². The first-order valence-electron chi connectivity index (χ1n) is 3.43. The lowest BCUT2D eigenvalue weighted by Crippen LogP contribution is -2.32. The molecule has 0 fully saturated rings. The summed E-state index contributed by atoms with van der Waals surface area (Å²) in [5, 5.41) is 8.47. The zero-order valence-electron chi connectivity index (χ0n) is 6.59. The molecule has 0 saturated heterocycles. The highest BCUT2D eigenvalue weighted by Crippen LogP contribution is 2.24. The zero-order chi connectivity index (χ0) is 10.9. The van der Waals surface area contributed by atoms with E-state index in [2.05, 4.69) is 4.98 Å². The molecule has 1 aromatic rings. The molecular formula is C6H5Cl2F3N2O. The first-order valence-corrected chi connectivity index (χ1v) is 4.19. The van der Waals surface area contributed by atoms with Gasteiger partial charge < -0.3 is 9.67 Å². The van der Waals surface area contributed by atoms with Gasteiger partial charge in [0.25, 0.3) is 0 Å². The molecule has 8 heteroatoms. The maximum atomic E-state index is 11.9. The summed E-state index contributed by atoms with van der Waals surface area (Å²) in [7, 11) is 0. The van der Waals surface area contributed by atoms with E-state index in [-0.39, 0.29) is 10.3 Å². The van der Waals surface area contributed by atoms with E-state index >= 15 is 0 Å². The fourth-order valence-electron chi connectivity index (χ4n) is 0.760. The van der Waals surface area contributed by atoms with Crippen molar-refractivity contribution in [2.75, 3.05) is 0 Å². The Balaban J connectivity index is 2.75. The number of aromatic nitrogens is 2. The highest BCUT2D eigenvalue weighted by atomic mass is 35.5. The van der Waals surface area contributed by atoms with Crippen molar-refractivity contribution in [2.24, 2.45) is 0 Å². The molecule has 1 heterocycles. The highest BCUT2D eigenvalue weighted by molar-refractivity contribution is 6.40. The third-order valence-corrected chi connectivity index (χ3v) is 2.25. The monoisotopic (exact) mass is 248 g/mol. The molecule has 1 unspecified atom stereocenters. The minimum Gasteiger partial charge on any atom is -0.382 e. The van der Waals surface area contributed by atoms with Gasteiger partial charge in [-0.15, -0.1) is 0 Å². The molecule has 0 aromatic carbocycles. The van der Waals surface area contributed by atoms with Crippen molar-refractivity contribution in [3.63, 3.8) is 0 Å². The quantitative estimate of drug-likeness (QED) is 0.871. The topological polar surface area (TPSA) is 38.0 Å². The van der Waals surface area contributed by atoms with Crippen LogP contribution in [-0.4, -0.2) is 26.9 Å². The van der Waals surface area contributed by atoms with Gasteiger partial charge in [0.15, 0.2) is 11.3 Å². The number of hydrogen-bond acceptors (Lipinski definition) is 2. The third-order valence-electron chi connectivity index (χ3n) is 1.48. The van der Waals surface area contributed by atoms with E-state index in [1.807, 2.05) is 0 Å². The van der Waals surface area contributed by atoms with Crippen molar-refractivity contribution in [1.29, 1.82) is 0 Å². The van der Waals surface area contributed by atoms with Crippen LogP contribution in [0.4, 0.5) is 13.2 Å². The summed E-state index contributed by atoms with van der Waals surface area (Å²) in [6.07, 6.45) is -6.13. The summed E-state index contributed by atoms with van der Waals surface area (Å²) in [4.78, 5) is 3.47. The van der Waals surface area contributed by atoms with Crippen LogP contribution in [0.25, 0.3) is 0 Å². The highest BCUT2D eigenvalue weighted by Gasteiger charge is 2.38. The van der Waals surface area contributed by atoms with Crippen molar-refractivity contribution in [3.05, 3.63) is 16.6 Å². The predicted molar refractivity (Wildman–Crippen MR) is 44.3 cm³/mol. The summed E-state index contributed by atoms with van der Waals surface area (Å²) >= 11 is 10.9. The lowest BCUT2D eigenvalue weighted by atomic mass is 10.3. The van der Waals surface area contributed by atoms with Crippen LogP contribution in [0.2, 0.25) is 10.3 Å². The predicted octanol–water partition coefficient (Wildman–Crippen LogP) is 2.11. The zero-order valence-corrected chi connectivity index (χ0v) is 8.11. The van der Waals surface area contributed by atoms with E-state index < -0.39 is 18.8 Å². The fraction of sp³-hybridized carbons (Fsp3) is 0.500. The molecule has 1 aromatic heterocycles. The van der Waals surface area contributed by atoms with Crippen LogP contribution in [0, 0.1) is 0 Å². The van der Waals surface area contributed by atoms with Crippen molar-refractivity contribution in [2.45, 2.75) is 18.8 Å². The van der Waals surface area contributed by atoms with Gasteiger partial charge in [-0.1, -0.05) is 23.2 Å². The normalized spacial score (nSPS) is 14.4. The lowest BCUT2D eigenvalue weighted by Gasteiger charge is -2.14. The molecule has 1 rings (SSSR count). The van der Waals surface area contributed by atoms with Gasteiger partial charge in [0.05, 0.1) is 12.9 Å². The van der Waals surface area contributed by atoms with Gasteiger partial charge in [-0.05, 0) is 0 Å². The van der Waals surface area contributed by atoms with Crippen molar-refractivity contribution < 1.29 is 18.3 Å². The van der Waals surface area contributed by atoms with E-state index in [0.717, 1.165) is 10.9 Å². The molecule has 1 N–H and O–H groups in total. The number of hydrogen-bond donors (Lipinski definition) is 1. The van der Waals surface area contributed by atoms with Crippen molar-refractivity contribution in [3.8, 4) is 0 Å². The average molecular weight is 249 g/mol. The number of nitrogens with zero attached hydrogens (tertiary/aromatic N) is 2. The van der Waals surface area contributed by atoms with Gasteiger partial charge in [0, 0.05) is 0 Å². The number of aliphatic hydroxyl groups excluding tert-OH is 1. The Morgan fingerprint density at radius 1 is 1.50 bits per heavy atom. The Kier molecular flexibility index (Phi) is 3.28. The summed E-state index contributed by atoms with van der Waals surface area (Å²) in [6, 6.07) is 0. The van der Waals surface area contributed by atoms with Gasteiger partial charge >= 0.3 is 6.18 Å². The maximum Gasteiger partial charge on any atom is 0.416 e. The molecule has 0 spiro atoms. The molecule has 0 aliphatic heterocycles. The van der Waals surface area contributed by atoms with E-state index in [0.29, 0.717) is 0 Å². The molecule has 3 nitrogen and oxygen atoms in total. The summed E-state index contributed by atoms with van der Waals surface area (Å²) < 4.78 is 36.7. The molecule has 0 amide bonds. The van der Waals surface area contributed by atoms with E-state index in [9.17, 15) is 13.2 Å². The Morgan fingerprint density at radius 2 is 2.07 bits per heavy atom. The van der Waals surface area contributed by atoms with Crippen LogP contribution >= 0.6 is 23.2 Å². The smallest absolute Gasteiger partial charge is 0.382 e. The molecule has 1 atom stereocenters. The SMILES string of the molecule is OC(Cn1cnc(Cl)c1Cl)C(F)(F)F. The largest absolute Gasteiger partial charge is 0.416 e. The average Bonchev–Trinajstić information content (AvgIpc) is 2.34. The maximum absolute atomic E-state index is 11.9. The Hall–Kier alpha value is -0.460. The number of alkyl halides is 3. The van der Waals surface area contributed by atoms with Crippen LogP contribution in [0.3, 0.4) is 0 Å². The fourth-order valence-corrected chi connectivity index (χ4v) is 1.07. The van der Waals surface area contributed by atoms with Crippen LogP contribution in [0.1, 0.15) is 0 Å². The molecule has 0 radical (unpaired) electrons. The third kappa shape index (κ3) is 2.52. The standard InChI is InChI=1S/C6H5Cl2F3N2O/c7-4-5(8)13(2-12-4)1-3(14)6(9,10)11/h2-3,14H,1H2. The van der Waals surface area contributed by atoms with Crippen LogP contribution in [-0.2, 0) is 6.54 Å². The molecule has 14 heavy (non-hydrogen) atoms. The summed E-state index contributed by atoms with van der Waals surface area (Å²) in [5.41, 5.74) is 0. The minimum absolute atomic E-state index is 0.0963. The van der Waals surface area contributed by atoms with Gasteiger partial charge in [-0.3, -0.25) is 0 Å². The second kappa shape index (κ2) is 3.96. The minimum atomic E-state index is -4.68. The molecule has 0 aliphatic rings. The first-order chi connectivity index (χ1) is 6.32. The number of imidazole rings is 1. The molecule has 0 bridgehead atoms. The van der Waals surface area contributed by atoms with E-state index in [1.54, 1.807) is 0 Å². The number of aliphatic hydroxyl groups is 1. The first kappa shape index (κ1) is 11.6. The molecular weight excluding hydrogens is 244 g/mol. The van der Waals surface area contributed by atoms with Crippen molar-refractivity contribution in [1.82, 2.24) is 9.55 Å². The van der Waals surface area contributed by atoms with Crippen molar-refractivity contribution >= 4 is 23.2 Å². The van der Waals surface area contributed by atoms with Crippen LogP contribution < -0.4 is 0 Å². The second-order valence-corrected chi connectivity index (χ2v) is 3.25. The number of halogens is 5. The molecule has 0 saturated carbocycles. The Labute approximate surface area is 87.1 Å². The van der Waals surface area contributed by atoms with Gasteiger partial charge in [-0.2, -0.15) is 13.2 Å². The van der Waals surface area contributed by atoms with E-state index in [4.69, 9.17) is 28.3 Å². The van der Waals surface area contributed by atoms with Crippen LogP contribution in [0.5, 0.6) is 0 Å². The van der Waals surface area contributed by atoms with Gasteiger partial charge in [0.2, 0.25) is 0 Å². The number of rotatable bonds is 2. The Morgan fingerprint density at radius 3 is 2.43 bits per heavy atom. The summed E-state index contributed by atoms with van der Waals surface area (Å²) in [6.45, 7) is -0.720. The second-order valence-electron chi connectivity index (χ2n) is 2.54. The Bertz CT molecular complexity index is 325. The summed E-state index contributed by atoms with van der Waals surface area (Å²) in [5.74, 6) is 0. The van der Waals surface area contributed by atoms with Gasteiger partial charge in [-0.25, -0.2) is 4.98 Å².